The molecule has 0 fully saturated rings. The number of nitrogens with zero attached hydrogens (tertiary/aromatic N) is 1. The third-order valence-corrected chi connectivity index (χ3v) is 3.93. The van der Waals surface area contributed by atoms with Crippen molar-refractivity contribution >= 4 is 29.0 Å². The highest BCUT2D eigenvalue weighted by atomic mass is 35.5. The van der Waals surface area contributed by atoms with Gasteiger partial charge in [0.1, 0.15) is 11.5 Å². The van der Waals surface area contributed by atoms with Crippen molar-refractivity contribution < 1.29 is 9.53 Å². The first-order valence-corrected chi connectivity index (χ1v) is 8.68. The van der Waals surface area contributed by atoms with Gasteiger partial charge in [-0.1, -0.05) is 41.9 Å². The molecule has 0 bridgehead atoms. The first kappa shape index (κ1) is 18.5. The van der Waals surface area contributed by atoms with E-state index in [9.17, 15) is 4.79 Å². The van der Waals surface area contributed by atoms with Gasteiger partial charge in [-0.2, -0.15) is 5.10 Å². The molecule has 0 unspecified atom stereocenters. The molecule has 0 aliphatic carbocycles. The smallest absolute Gasteiger partial charge is 0.339 e. The van der Waals surface area contributed by atoms with Crippen LogP contribution in [0.2, 0.25) is 5.02 Å². The highest BCUT2D eigenvalue weighted by molar-refractivity contribution is 6.30. The van der Waals surface area contributed by atoms with E-state index in [0.29, 0.717) is 22.2 Å². The molecule has 0 saturated carbocycles. The van der Waals surface area contributed by atoms with Crippen LogP contribution in [0.15, 0.2) is 84.0 Å². The van der Waals surface area contributed by atoms with E-state index in [2.05, 4.69) is 15.8 Å². The van der Waals surface area contributed by atoms with Crippen LogP contribution in [0.4, 0.5) is 10.5 Å². The van der Waals surface area contributed by atoms with Crippen molar-refractivity contribution in [3.63, 3.8) is 0 Å². The molecule has 0 aliphatic heterocycles. The average Bonchev–Trinajstić information content (AvgIpc) is 2.69. The van der Waals surface area contributed by atoms with Crippen molar-refractivity contribution in [1.29, 1.82) is 0 Å². The van der Waals surface area contributed by atoms with Gasteiger partial charge in [0.25, 0.3) is 0 Å². The first-order chi connectivity index (χ1) is 13.1. The predicted molar refractivity (Wildman–Crippen MR) is 109 cm³/mol. The second-order valence-corrected chi connectivity index (χ2v) is 6.15. The summed E-state index contributed by atoms with van der Waals surface area (Å²) < 4.78 is 5.72. The van der Waals surface area contributed by atoms with Gasteiger partial charge in [-0.05, 0) is 61.0 Å². The number of carbonyl (C=O) groups excluding carboxylic acids is 1. The molecule has 0 aromatic heterocycles. The quantitative estimate of drug-likeness (QED) is 0.442. The SMILES string of the molecule is C/C(=N\NC(=O)Nc1ccc(Oc2ccccc2)cc1)c1ccc(Cl)cc1. The van der Waals surface area contributed by atoms with Crippen LogP contribution in [0.1, 0.15) is 12.5 Å². The standard InChI is InChI=1S/C21H18ClN3O2/c1-15(16-7-9-17(22)10-8-16)24-25-21(26)23-18-11-13-20(14-12-18)27-19-5-3-2-4-6-19/h2-14H,1H3,(H2,23,25,26)/b24-15+. The average molecular weight is 380 g/mol. The highest BCUT2D eigenvalue weighted by Gasteiger charge is 2.03. The molecule has 2 N–H and O–H groups in total. The number of hydrogen-bond acceptors (Lipinski definition) is 3. The molecule has 27 heavy (non-hydrogen) atoms. The van der Waals surface area contributed by atoms with Crippen LogP contribution in [0, 0.1) is 0 Å². The minimum Gasteiger partial charge on any atom is -0.457 e. The molecular formula is C21H18ClN3O2. The lowest BCUT2D eigenvalue weighted by atomic mass is 10.1. The van der Waals surface area contributed by atoms with Crippen LogP contribution < -0.4 is 15.5 Å². The molecule has 0 radical (unpaired) electrons. The molecule has 2 amide bonds. The second-order valence-electron chi connectivity index (χ2n) is 5.71. The fourth-order valence-electron chi connectivity index (χ4n) is 2.28. The van der Waals surface area contributed by atoms with Crippen LogP contribution in [0.3, 0.4) is 0 Å². The van der Waals surface area contributed by atoms with Gasteiger partial charge in [0.15, 0.2) is 0 Å². The predicted octanol–water partition coefficient (Wildman–Crippen LogP) is 5.68. The Bertz CT molecular complexity index is 924. The van der Waals surface area contributed by atoms with Crippen molar-refractivity contribution in [1.82, 2.24) is 5.43 Å². The Balaban J connectivity index is 1.54. The van der Waals surface area contributed by atoms with Gasteiger partial charge in [0, 0.05) is 10.7 Å². The van der Waals surface area contributed by atoms with E-state index < -0.39 is 6.03 Å². The third kappa shape index (κ3) is 5.59. The number of para-hydroxylation sites is 1. The van der Waals surface area contributed by atoms with E-state index in [1.165, 1.54) is 0 Å². The normalized spacial score (nSPS) is 11.0. The van der Waals surface area contributed by atoms with Gasteiger partial charge in [-0.15, -0.1) is 0 Å². The van der Waals surface area contributed by atoms with Crippen LogP contribution in [0.25, 0.3) is 0 Å². The lowest BCUT2D eigenvalue weighted by Crippen LogP contribution is -2.25. The molecule has 0 atom stereocenters. The summed E-state index contributed by atoms with van der Waals surface area (Å²) in [4.78, 5) is 12.0. The molecule has 136 valence electrons. The topological polar surface area (TPSA) is 62.7 Å². The van der Waals surface area contributed by atoms with Gasteiger partial charge in [-0.3, -0.25) is 0 Å². The molecule has 0 heterocycles. The molecule has 3 aromatic rings. The monoisotopic (exact) mass is 379 g/mol. The fourth-order valence-corrected chi connectivity index (χ4v) is 2.41. The van der Waals surface area contributed by atoms with Crippen molar-refractivity contribution in [2.24, 2.45) is 5.10 Å². The molecule has 3 aromatic carbocycles. The number of rotatable bonds is 5. The van der Waals surface area contributed by atoms with Gasteiger partial charge >= 0.3 is 6.03 Å². The van der Waals surface area contributed by atoms with E-state index in [1.807, 2.05) is 42.5 Å². The largest absolute Gasteiger partial charge is 0.457 e. The Hall–Kier alpha value is -3.31. The highest BCUT2D eigenvalue weighted by Crippen LogP contribution is 2.22. The summed E-state index contributed by atoms with van der Waals surface area (Å²) in [5, 5.41) is 7.45. The fraction of sp³-hybridized carbons (Fsp3) is 0.0476. The van der Waals surface area contributed by atoms with Crippen LogP contribution in [0.5, 0.6) is 11.5 Å². The minimum atomic E-state index is -0.431. The molecule has 0 aliphatic rings. The van der Waals surface area contributed by atoms with E-state index in [4.69, 9.17) is 16.3 Å². The Labute approximate surface area is 162 Å². The van der Waals surface area contributed by atoms with Crippen LogP contribution >= 0.6 is 11.6 Å². The van der Waals surface area contributed by atoms with E-state index in [0.717, 1.165) is 11.3 Å². The maximum Gasteiger partial charge on any atom is 0.339 e. The summed E-state index contributed by atoms with van der Waals surface area (Å²) >= 11 is 5.86. The number of nitrogens with one attached hydrogen (secondary N) is 2. The number of benzene rings is 3. The Morgan fingerprint density at radius 1 is 0.889 bits per heavy atom. The number of amides is 2. The molecule has 0 spiro atoms. The van der Waals surface area contributed by atoms with Crippen molar-refractivity contribution in [2.75, 3.05) is 5.32 Å². The van der Waals surface area contributed by atoms with E-state index >= 15 is 0 Å². The van der Waals surface area contributed by atoms with Gasteiger partial charge < -0.3 is 10.1 Å². The summed E-state index contributed by atoms with van der Waals surface area (Å²) in [6.07, 6.45) is 0. The molecule has 0 saturated heterocycles. The van der Waals surface area contributed by atoms with Crippen LogP contribution in [-0.4, -0.2) is 11.7 Å². The maximum absolute atomic E-state index is 12.0. The van der Waals surface area contributed by atoms with Gasteiger partial charge in [-0.25, -0.2) is 10.2 Å². The summed E-state index contributed by atoms with van der Waals surface area (Å²) in [6.45, 7) is 1.80. The lowest BCUT2D eigenvalue weighted by molar-refractivity contribution is 0.252. The summed E-state index contributed by atoms with van der Waals surface area (Å²) in [7, 11) is 0. The van der Waals surface area contributed by atoms with Gasteiger partial charge in [0.2, 0.25) is 0 Å². The number of hydrogen-bond donors (Lipinski definition) is 2. The third-order valence-electron chi connectivity index (χ3n) is 3.68. The Morgan fingerprint density at radius 3 is 2.19 bits per heavy atom. The van der Waals surface area contributed by atoms with Gasteiger partial charge in [0.05, 0.1) is 5.71 Å². The number of hydrazone groups is 1. The zero-order valence-electron chi connectivity index (χ0n) is 14.6. The Kier molecular flexibility index (Phi) is 6.07. The molecule has 3 rings (SSSR count). The van der Waals surface area contributed by atoms with E-state index in [1.54, 1.807) is 43.3 Å². The van der Waals surface area contributed by atoms with E-state index in [-0.39, 0.29) is 0 Å². The summed E-state index contributed by atoms with van der Waals surface area (Å²) in [5.74, 6) is 1.44. The minimum absolute atomic E-state index is 0.431. The maximum atomic E-state index is 12.0. The zero-order valence-corrected chi connectivity index (χ0v) is 15.4. The molecule has 5 nitrogen and oxygen atoms in total. The number of anilines is 1. The lowest BCUT2D eigenvalue weighted by Gasteiger charge is -2.08. The number of carbonyl (C=O) groups is 1. The van der Waals surface area contributed by atoms with Crippen molar-refractivity contribution in [3.05, 3.63) is 89.4 Å². The Morgan fingerprint density at radius 2 is 1.52 bits per heavy atom. The zero-order chi connectivity index (χ0) is 19.1. The molecule has 6 heteroatoms. The number of ether oxygens (including phenoxy) is 1. The van der Waals surface area contributed by atoms with Crippen molar-refractivity contribution in [2.45, 2.75) is 6.92 Å². The summed E-state index contributed by atoms with van der Waals surface area (Å²) in [6, 6.07) is 23.4. The van der Waals surface area contributed by atoms with Crippen LogP contribution in [-0.2, 0) is 0 Å². The number of urea groups is 1. The van der Waals surface area contributed by atoms with Crippen molar-refractivity contribution in [3.8, 4) is 11.5 Å². The number of halogens is 1. The first-order valence-electron chi connectivity index (χ1n) is 8.30. The summed E-state index contributed by atoms with van der Waals surface area (Å²) in [5.41, 5.74) is 4.66. The second kappa shape index (κ2) is 8.87. The molecular weight excluding hydrogens is 362 g/mol.